The lowest BCUT2D eigenvalue weighted by molar-refractivity contribution is -0.143. The summed E-state index contributed by atoms with van der Waals surface area (Å²) in [4.78, 5) is 11.1. The lowest BCUT2D eigenvalue weighted by Crippen LogP contribution is -2.35. The molecule has 8 nitrogen and oxygen atoms in total. The van der Waals surface area contributed by atoms with Crippen molar-refractivity contribution < 1.29 is 26.4 Å². The summed E-state index contributed by atoms with van der Waals surface area (Å²) >= 11 is 0. The fourth-order valence-electron chi connectivity index (χ4n) is 2.31. The highest BCUT2D eigenvalue weighted by Crippen LogP contribution is 2.32. The predicted molar refractivity (Wildman–Crippen MR) is 90.5 cm³/mol. The lowest BCUT2D eigenvalue weighted by Gasteiger charge is -2.22. The van der Waals surface area contributed by atoms with Crippen molar-refractivity contribution in [1.82, 2.24) is 4.31 Å². The Bertz CT molecular complexity index is 831. The smallest absolute Gasteiger partial charge is 0.307 e. The summed E-state index contributed by atoms with van der Waals surface area (Å²) in [5, 5.41) is 5.07. The topological polar surface area (TPSA) is 124 Å². The Morgan fingerprint density at radius 3 is 2.44 bits per heavy atom. The van der Waals surface area contributed by atoms with Gasteiger partial charge in [0.1, 0.15) is 0 Å². The van der Waals surface area contributed by atoms with E-state index in [1.165, 1.54) is 22.5 Å². The molecule has 2 N–H and O–H groups in total. The van der Waals surface area contributed by atoms with E-state index in [1.807, 2.05) is 0 Å². The molecule has 25 heavy (non-hydrogen) atoms. The standard InChI is InChI=1S/C15H22N2O6S2/c1-2-23-15(18)8-9-17(11-12-6-7-12)25(21,22)14-5-3-4-13(10-14)24(16,19)20/h3-5,10,12H,2,6-9,11H2,1H3,(H2,16,19,20). The molecule has 1 saturated carbocycles. The molecule has 2 rings (SSSR count). The lowest BCUT2D eigenvalue weighted by atomic mass is 10.4. The van der Waals surface area contributed by atoms with E-state index in [2.05, 4.69) is 0 Å². The van der Waals surface area contributed by atoms with Crippen LogP contribution in [0.5, 0.6) is 0 Å². The average Bonchev–Trinajstić information content (AvgIpc) is 3.35. The predicted octanol–water partition coefficient (Wildman–Crippen LogP) is 0.688. The number of nitrogens with two attached hydrogens (primary N) is 1. The van der Waals surface area contributed by atoms with Gasteiger partial charge in [-0.15, -0.1) is 0 Å². The van der Waals surface area contributed by atoms with Crippen molar-refractivity contribution in [1.29, 1.82) is 0 Å². The van der Waals surface area contributed by atoms with Crippen LogP contribution < -0.4 is 5.14 Å². The van der Waals surface area contributed by atoms with Crippen LogP contribution in [0.1, 0.15) is 26.2 Å². The molecule has 140 valence electrons. The molecule has 0 atom stereocenters. The van der Waals surface area contributed by atoms with Gasteiger partial charge in [-0.2, -0.15) is 4.31 Å². The first-order valence-electron chi connectivity index (χ1n) is 7.93. The largest absolute Gasteiger partial charge is 0.466 e. The third-order valence-electron chi connectivity index (χ3n) is 3.80. The van der Waals surface area contributed by atoms with Crippen LogP contribution in [0.3, 0.4) is 0 Å². The number of hydrogen-bond donors (Lipinski definition) is 1. The average molecular weight is 390 g/mol. The molecule has 0 bridgehead atoms. The minimum atomic E-state index is -4.01. The molecule has 0 saturated heterocycles. The Balaban J connectivity index is 2.26. The molecule has 1 aromatic rings. The molecular formula is C15H22N2O6S2. The minimum absolute atomic E-state index is 0.0166. The molecule has 0 spiro atoms. The Kier molecular flexibility index (Phi) is 6.20. The zero-order chi connectivity index (χ0) is 18.7. The third-order valence-corrected chi connectivity index (χ3v) is 6.57. The van der Waals surface area contributed by atoms with Gasteiger partial charge in [0.2, 0.25) is 20.0 Å². The van der Waals surface area contributed by atoms with Gasteiger partial charge in [0.25, 0.3) is 0 Å². The number of rotatable bonds is 9. The number of ether oxygens (including phenoxy) is 1. The number of hydrogen-bond acceptors (Lipinski definition) is 6. The number of sulfonamides is 2. The summed E-state index contributed by atoms with van der Waals surface area (Å²) in [6, 6.07) is 4.91. The van der Waals surface area contributed by atoms with E-state index >= 15 is 0 Å². The normalized spacial score (nSPS) is 15.3. The summed E-state index contributed by atoms with van der Waals surface area (Å²) in [6.07, 6.45) is 1.81. The Hall–Kier alpha value is -1.49. The molecule has 10 heteroatoms. The van der Waals surface area contributed by atoms with Crippen LogP contribution in [-0.2, 0) is 29.6 Å². The molecule has 1 aliphatic rings. The van der Waals surface area contributed by atoms with Crippen LogP contribution in [0.2, 0.25) is 0 Å². The number of nitrogens with zero attached hydrogens (tertiary/aromatic N) is 1. The number of esters is 1. The van der Waals surface area contributed by atoms with Gasteiger partial charge in [-0.1, -0.05) is 6.07 Å². The second-order valence-corrected chi connectivity index (χ2v) is 9.38. The highest BCUT2D eigenvalue weighted by atomic mass is 32.2. The van der Waals surface area contributed by atoms with Gasteiger partial charge >= 0.3 is 5.97 Å². The van der Waals surface area contributed by atoms with Gasteiger partial charge in [0.05, 0.1) is 22.8 Å². The first-order chi connectivity index (χ1) is 11.6. The van der Waals surface area contributed by atoms with Crippen LogP contribution in [0.4, 0.5) is 0 Å². The van der Waals surface area contributed by atoms with E-state index in [-0.39, 0.29) is 35.3 Å². The molecule has 0 aliphatic heterocycles. The van der Waals surface area contributed by atoms with Crippen LogP contribution in [-0.4, -0.2) is 46.8 Å². The van der Waals surface area contributed by atoms with Gasteiger partial charge < -0.3 is 4.74 Å². The molecule has 1 fully saturated rings. The summed E-state index contributed by atoms with van der Waals surface area (Å²) in [7, 11) is -7.96. The van der Waals surface area contributed by atoms with Crippen molar-refractivity contribution in [2.45, 2.75) is 36.0 Å². The fourth-order valence-corrected chi connectivity index (χ4v) is 4.51. The van der Waals surface area contributed by atoms with Gasteiger partial charge in [0.15, 0.2) is 0 Å². The second kappa shape index (κ2) is 7.81. The quantitative estimate of drug-likeness (QED) is 0.619. The maximum absolute atomic E-state index is 12.9. The van der Waals surface area contributed by atoms with Crippen molar-refractivity contribution in [3.63, 3.8) is 0 Å². The Labute approximate surface area is 148 Å². The number of primary sulfonamides is 1. The van der Waals surface area contributed by atoms with E-state index in [9.17, 15) is 21.6 Å². The first-order valence-corrected chi connectivity index (χ1v) is 10.9. The fraction of sp³-hybridized carbons (Fsp3) is 0.533. The summed E-state index contributed by atoms with van der Waals surface area (Å²) in [5.74, 6) is -0.213. The molecule has 0 radical (unpaired) electrons. The molecule has 0 unspecified atom stereocenters. The van der Waals surface area contributed by atoms with E-state index < -0.39 is 26.0 Å². The third kappa shape index (κ3) is 5.50. The number of carbonyl (C=O) groups is 1. The van der Waals surface area contributed by atoms with Gasteiger partial charge in [-0.3, -0.25) is 4.79 Å². The maximum atomic E-state index is 12.9. The summed E-state index contributed by atoms with van der Waals surface area (Å²) in [6.45, 7) is 2.18. The molecule has 0 heterocycles. The van der Waals surface area contributed by atoms with E-state index in [4.69, 9.17) is 9.88 Å². The molecule has 1 aromatic carbocycles. The minimum Gasteiger partial charge on any atom is -0.466 e. The molecule has 0 amide bonds. The van der Waals surface area contributed by atoms with Crippen LogP contribution in [0, 0.1) is 5.92 Å². The van der Waals surface area contributed by atoms with Gasteiger partial charge in [-0.25, -0.2) is 22.0 Å². The van der Waals surface area contributed by atoms with Crippen molar-refractivity contribution in [2.75, 3.05) is 19.7 Å². The van der Waals surface area contributed by atoms with Crippen molar-refractivity contribution in [3.8, 4) is 0 Å². The summed E-state index contributed by atoms with van der Waals surface area (Å²) in [5.41, 5.74) is 0. The Morgan fingerprint density at radius 2 is 1.88 bits per heavy atom. The van der Waals surface area contributed by atoms with Gasteiger partial charge in [-0.05, 0) is 43.9 Å². The number of carbonyl (C=O) groups excluding carboxylic acids is 1. The second-order valence-electron chi connectivity index (χ2n) is 5.88. The zero-order valence-electron chi connectivity index (χ0n) is 13.9. The van der Waals surface area contributed by atoms with Gasteiger partial charge in [0, 0.05) is 13.1 Å². The van der Waals surface area contributed by atoms with Crippen molar-refractivity contribution >= 4 is 26.0 Å². The number of benzene rings is 1. The van der Waals surface area contributed by atoms with E-state index in [0.29, 0.717) is 6.54 Å². The molecular weight excluding hydrogens is 368 g/mol. The van der Waals surface area contributed by atoms with Crippen molar-refractivity contribution in [3.05, 3.63) is 24.3 Å². The monoisotopic (exact) mass is 390 g/mol. The molecule has 1 aliphatic carbocycles. The first kappa shape index (κ1) is 19.8. The highest BCUT2D eigenvalue weighted by molar-refractivity contribution is 7.90. The maximum Gasteiger partial charge on any atom is 0.307 e. The Morgan fingerprint density at radius 1 is 1.24 bits per heavy atom. The van der Waals surface area contributed by atoms with Crippen molar-refractivity contribution in [2.24, 2.45) is 11.1 Å². The van der Waals surface area contributed by atoms with Crippen LogP contribution in [0.25, 0.3) is 0 Å². The zero-order valence-corrected chi connectivity index (χ0v) is 15.6. The van der Waals surface area contributed by atoms with E-state index in [1.54, 1.807) is 6.92 Å². The van der Waals surface area contributed by atoms with Crippen LogP contribution in [0.15, 0.2) is 34.1 Å². The highest BCUT2D eigenvalue weighted by Gasteiger charge is 2.32. The molecule has 0 aromatic heterocycles. The van der Waals surface area contributed by atoms with Crippen LogP contribution >= 0.6 is 0 Å². The van der Waals surface area contributed by atoms with E-state index in [0.717, 1.165) is 18.9 Å². The summed E-state index contributed by atoms with van der Waals surface area (Å²) < 4.78 is 54.7. The SMILES string of the molecule is CCOC(=O)CCN(CC1CC1)S(=O)(=O)c1cccc(S(N)(=O)=O)c1.